The van der Waals surface area contributed by atoms with Crippen molar-refractivity contribution in [2.45, 2.75) is 27.2 Å². The predicted molar refractivity (Wildman–Crippen MR) is 87.8 cm³/mol. The van der Waals surface area contributed by atoms with Crippen LogP contribution in [0.2, 0.25) is 5.02 Å². The van der Waals surface area contributed by atoms with Crippen LogP contribution in [0, 0.1) is 13.8 Å². The van der Waals surface area contributed by atoms with Crippen LogP contribution < -0.4 is 14.5 Å². The van der Waals surface area contributed by atoms with Gasteiger partial charge in [0.1, 0.15) is 31.9 Å². The van der Waals surface area contributed by atoms with Gasteiger partial charge in [-0.3, -0.25) is 0 Å². The molecule has 2 rings (SSSR count). The van der Waals surface area contributed by atoms with Gasteiger partial charge in [0.15, 0.2) is 0 Å². The van der Waals surface area contributed by atoms with Gasteiger partial charge < -0.3 is 14.5 Å². The first-order valence-electron chi connectivity index (χ1n) is 8.16. The summed E-state index contributed by atoms with van der Waals surface area (Å²) in [6.07, 6.45) is 1.12. The molecule has 0 spiro atoms. The minimum atomic E-state index is 0.801. The maximum Gasteiger partial charge on any atom is 0.127 e. The number of piperazine rings is 1. The summed E-state index contributed by atoms with van der Waals surface area (Å²) in [5, 5.41) is 0.820. The predicted octanol–water partition coefficient (Wildman–Crippen LogP) is 0.529. The van der Waals surface area contributed by atoms with E-state index in [2.05, 4.69) is 13.8 Å². The number of quaternary nitrogens is 2. The lowest BCUT2D eigenvalue weighted by atomic mass is 10.1. The van der Waals surface area contributed by atoms with Crippen LogP contribution in [0.4, 0.5) is 0 Å². The van der Waals surface area contributed by atoms with Crippen LogP contribution >= 0.6 is 11.6 Å². The number of benzene rings is 1. The number of likely N-dealkylation sites (N-methyl/N-ethyl adjacent to an activating group) is 1. The van der Waals surface area contributed by atoms with Crippen molar-refractivity contribution in [2.24, 2.45) is 0 Å². The summed E-state index contributed by atoms with van der Waals surface area (Å²) in [6, 6.07) is 4.04. The Hall–Kier alpha value is -0.770. The van der Waals surface area contributed by atoms with E-state index in [9.17, 15) is 0 Å². The maximum absolute atomic E-state index is 6.11. The molecule has 0 aromatic heterocycles. The summed E-state index contributed by atoms with van der Waals surface area (Å²) in [6.45, 7) is 14.9. The molecule has 0 saturated carbocycles. The van der Waals surface area contributed by atoms with Crippen molar-refractivity contribution in [2.75, 3.05) is 45.9 Å². The van der Waals surface area contributed by atoms with Crippen LogP contribution in [0.1, 0.15) is 24.5 Å². The van der Waals surface area contributed by atoms with Gasteiger partial charge in [0, 0.05) is 11.4 Å². The smallest absolute Gasteiger partial charge is 0.127 e. The van der Waals surface area contributed by atoms with E-state index in [0.717, 1.165) is 34.9 Å². The number of ether oxygens (including phenoxy) is 1. The molecule has 1 aromatic rings. The molecule has 0 unspecified atom stereocenters. The number of hydrogen-bond donors (Lipinski definition) is 2. The number of hydrogen-bond acceptors (Lipinski definition) is 1. The SMILES string of the molecule is CC[NH+]1CC[NH+](CCCOc2cc(C)c(Cl)cc2C)CC1. The van der Waals surface area contributed by atoms with Gasteiger partial charge in [0.05, 0.1) is 19.7 Å². The van der Waals surface area contributed by atoms with Crippen molar-refractivity contribution in [1.29, 1.82) is 0 Å². The normalized spacial score (nSPS) is 22.3. The molecule has 4 heteroatoms. The lowest BCUT2D eigenvalue weighted by molar-refractivity contribution is -1.01. The molecule has 1 fully saturated rings. The third-order valence-electron chi connectivity index (χ3n) is 4.55. The summed E-state index contributed by atoms with van der Waals surface area (Å²) in [4.78, 5) is 3.49. The second kappa shape index (κ2) is 8.02. The topological polar surface area (TPSA) is 18.1 Å². The third-order valence-corrected chi connectivity index (χ3v) is 4.96. The van der Waals surface area contributed by atoms with Gasteiger partial charge >= 0.3 is 0 Å². The monoisotopic (exact) mass is 312 g/mol. The standard InChI is InChI=1S/C17H27ClN2O/c1-4-19-7-9-20(10-8-19)6-5-11-21-17-13-14(2)16(18)12-15(17)3/h12-13H,4-11H2,1-3H3/p+2. The van der Waals surface area contributed by atoms with Gasteiger partial charge in [-0.05, 0) is 44.0 Å². The molecular weight excluding hydrogens is 284 g/mol. The van der Waals surface area contributed by atoms with Crippen molar-refractivity contribution < 1.29 is 14.5 Å². The lowest BCUT2D eigenvalue weighted by Gasteiger charge is -2.28. The molecular formula is C17H29ClN2O+2. The van der Waals surface area contributed by atoms with Crippen molar-refractivity contribution in [1.82, 2.24) is 0 Å². The lowest BCUT2D eigenvalue weighted by Crippen LogP contribution is -3.28. The molecule has 0 aliphatic carbocycles. The number of halogens is 1. The van der Waals surface area contributed by atoms with Crippen LogP contribution in [0.25, 0.3) is 0 Å². The second-order valence-corrected chi connectivity index (χ2v) is 6.58. The van der Waals surface area contributed by atoms with Gasteiger partial charge in [-0.1, -0.05) is 11.6 Å². The van der Waals surface area contributed by atoms with E-state index >= 15 is 0 Å². The van der Waals surface area contributed by atoms with Gasteiger partial charge in [0.2, 0.25) is 0 Å². The van der Waals surface area contributed by atoms with Crippen molar-refractivity contribution in [3.63, 3.8) is 0 Å². The minimum absolute atomic E-state index is 0.801. The summed E-state index contributed by atoms with van der Waals surface area (Å²) in [7, 11) is 0. The highest BCUT2D eigenvalue weighted by Crippen LogP contribution is 2.25. The molecule has 3 nitrogen and oxygen atoms in total. The molecule has 1 heterocycles. The molecule has 0 amide bonds. The van der Waals surface area contributed by atoms with E-state index in [4.69, 9.17) is 16.3 Å². The summed E-state index contributed by atoms with van der Waals surface area (Å²) >= 11 is 6.11. The Bertz CT molecular complexity index is 456. The van der Waals surface area contributed by atoms with E-state index in [1.807, 2.05) is 19.1 Å². The van der Waals surface area contributed by atoms with E-state index in [1.54, 1.807) is 9.80 Å². The summed E-state index contributed by atoms with van der Waals surface area (Å²) < 4.78 is 5.93. The number of aryl methyl sites for hydroxylation is 2. The zero-order chi connectivity index (χ0) is 15.2. The largest absolute Gasteiger partial charge is 0.493 e. The van der Waals surface area contributed by atoms with E-state index < -0.39 is 0 Å². The third kappa shape index (κ3) is 4.87. The Balaban J connectivity index is 1.69. The first kappa shape index (κ1) is 16.6. The molecule has 1 aliphatic rings. The molecule has 1 saturated heterocycles. The zero-order valence-electron chi connectivity index (χ0n) is 13.6. The second-order valence-electron chi connectivity index (χ2n) is 6.17. The highest BCUT2D eigenvalue weighted by atomic mass is 35.5. The van der Waals surface area contributed by atoms with Crippen LogP contribution in [0.15, 0.2) is 12.1 Å². The highest BCUT2D eigenvalue weighted by molar-refractivity contribution is 6.31. The van der Waals surface area contributed by atoms with Crippen molar-refractivity contribution in [3.8, 4) is 5.75 Å². The molecule has 21 heavy (non-hydrogen) atoms. The van der Waals surface area contributed by atoms with Crippen LogP contribution in [0.3, 0.4) is 0 Å². The Kier molecular flexibility index (Phi) is 6.34. The van der Waals surface area contributed by atoms with Crippen LogP contribution in [0.5, 0.6) is 5.75 Å². The molecule has 0 bridgehead atoms. The average Bonchev–Trinajstić information content (AvgIpc) is 2.49. The fraction of sp³-hybridized carbons (Fsp3) is 0.647. The van der Waals surface area contributed by atoms with E-state index in [1.165, 1.54) is 39.3 Å². The van der Waals surface area contributed by atoms with Crippen LogP contribution in [-0.4, -0.2) is 45.9 Å². The zero-order valence-corrected chi connectivity index (χ0v) is 14.4. The van der Waals surface area contributed by atoms with Gasteiger partial charge in [-0.2, -0.15) is 0 Å². The maximum atomic E-state index is 6.11. The van der Waals surface area contributed by atoms with E-state index in [0.29, 0.717) is 0 Å². The first-order valence-corrected chi connectivity index (χ1v) is 8.54. The Labute approximate surface area is 133 Å². The molecule has 1 aliphatic heterocycles. The molecule has 0 radical (unpaired) electrons. The summed E-state index contributed by atoms with van der Waals surface area (Å²) in [5.41, 5.74) is 2.21. The minimum Gasteiger partial charge on any atom is -0.493 e. The molecule has 0 atom stereocenters. The quantitative estimate of drug-likeness (QED) is 0.733. The fourth-order valence-corrected chi connectivity index (χ4v) is 3.19. The highest BCUT2D eigenvalue weighted by Gasteiger charge is 2.20. The van der Waals surface area contributed by atoms with Crippen LogP contribution in [-0.2, 0) is 0 Å². The Morgan fingerprint density at radius 2 is 1.71 bits per heavy atom. The van der Waals surface area contributed by atoms with Gasteiger partial charge in [-0.15, -0.1) is 0 Å². The van der Waals surface area contributed by atoms with Crippen molar-refractivity contribution >= 4 is 11.6 Å². The fourth-order valence-electron chi connectivity index (χ4n) is 2.97. The van der Waals surface area contributed by atoms with Gasteiger partial charge in [-0.25, -0.2) is 0 Å². The summed E-state index contributed by atoms with van der Waals surface area (Å²) in [5.74, 6) is 0.979. The first-order chi connectivity index (χ1) is 10.1. The number of rotatable bonds is 6. The Morgan fingerprint density at radius 3 is 2.38 bits per heavy atom. The molecule has 118 valence electrons. The number of nitrogens with one attached hydrogen (secondary N) is 2. The molecule has 2 N–H and O–H groups in total. The average molecular weight is 313 g/mol. The molecule has 1 aromatic carbocycles. The van der Waals surface area contributed by atoms with E-state index in [-0.39, 0.29) is 0 Å². The van der Waals surface area contributed by atoms with Gasteiger partial charge in [0.25, 0.3) is 0 Å². The van der Waals surface area contributed by atoms with Crippen molar-refractivity contribution in [3.05, 3.63) is 28.3 Å². The Morgan fingerprint density at radius 1 is 1.05 bits per heavy atom.